The first-order valence-electron chi connectivity index (χ1n) is 13.3. The highest BCUT2D eigenvalue weighted by atomic mass is 19.2. The number of carboxylic acids is 1. The number of carbonyl (C=O) groups is 1. The molecule has 0 radical (unpaired) electrons. The number of anilines is 2. The van der Waals surface area contributed by atoms with Crippen LogP contribution in [0.5, 0.6) is 0 Å². The molecule has 0 spiro atoms. The Bertz CT molecular complexity index is 1970. The molecule has 1 unspecified atom stereocenters. The number of likely N-dealkylation sites (tertiary alicyclic amines) is 1. The number of carboxylic acid groups (broad SMARTS) is 1. The summed E-state index contributed by atoms with van der Waals surface area (Å²) in [7, 11) is 5.37. The molecule has 0 aliphatic carbocycles. The topological polar surface area (TPSA) is 119 Å². The summed E-state index contributed by atoms with van der Waals surface area (Å²) in [5.74, 6) is -2.45. The molecule has 6 heterocycles. The molecule has 5 aromatic rings. The molecule has 210 valence electrons. The highest BCUT2D eigenvalue weighted by molar-refractivity contribution is 6.18. The maximum Gasteiger partial charge on any atom is 0.341 e. The molecule has 2 aliphatic heterocycles. The number of hydrogen-bond acceptors (Lipinski definition) is 7. The Morgan fingerprint density at radius 2 is 1.80 bits per heavy atom. The summed E-state index contributed by atoms with van der Waals surface area (Å²) in [6.45, 7) is 3.32. The average molecular weight is 560 g/mol. The van der Waals surface area contributed by atoms with E-state index in [4.69, 9.17) is 0 Å². The van der Waals surface area contributed by atoms with E-state index >= 15 is 4.39 Å². The molecule has 7 rings (SSSR count). The van der Waals surface area contributed by atoms with E-state index in [1.807, 2.05) is 0 Å². The fourth-order valence-corrected chi connectivity index (χ4v) is 6.75. The lowest BCUT2D eigenvalue weighted by molar-refractivity contribution is 0.0695. The van der Waals surface area contributed by atoms with Crippen LogP contribution in [0.25, 0.3) is 44.1 Å². The number of nitrogens with one attached hydrogen (secondary N) is 2. The molecular weight excluding hydrogens is 532 g/mol. The number of rotatable bonds is 4. The zero-order valence-corrected chi connectivity index (χ0v) is 22.6. The normalized spacial score (nSPS) is 19.1. The molecule has 10 nitrogen and oxygen atoms in total. The van der Waals surface area contributed by atoms with Gasteiger partial charge in [0.25, 0.3) is 0 Å². The third kappa shape index (κ3) is 3.70. The second-order valence-electron chi connectivity index (χ2n) is 11.1. The lowest BCUT2D eigenvalue weighted by Crippen LogP contribution is -2.27. The minimum Gasteiger partial charge on any atom is -0.477 e. The van der Waals surface area contributed by atoms with Gasteiger partial charge in [-0.25, -0.2) is 23.5 Å². The third-order valence-corrected chi connectivity index (χ3v) is 8.57. The number of aromatic amines is 1. The number of aromatic carboxylic acids is 1. The van der Waals surface area contributed by atoms with Crippen LogP contribution in [-0.4, -0.2) is 75.8 Å². The van der Waals surface area contributed by atoms with Crippen LogP contribution < -0.4 is 15.6 Å². The lowest BCUT2D eigenvalue weighted by atomic mass is 10.0. The number of nitrogens with zero attached hydrogens (tertiary/aromatic N) is 5. The van der Waals surface area contributed by atoms with Crippen molar-refractivity contribution in [3.05, 3.63) is 58.1 Å². The van der Waals surface area contributed by atoms with Gasteiger partial charge in [-0.1, -0.05) is 0 Å². The molecule has 0 amide bonds. The first-order chi connectivity index (χ1) is 19.7. The van der Waals surface area contributed by atoms with Crippen molar-refractivity contribution in [1.82, 2.24) is 24.4 Å². The summed E-state index contributed by atoms with van der Waals surface area (Å²) in [5.41, 5.74) is 2.34. The molecule has 2 aliphatic rings. The summed E-state index contributed by atoms with van der Waals surface area (Å²) >= 11 is 0. The fourth-order valence-electron chi connectivity index (χ4n) is 6.75. The first kappa shape index (κ1) is 25.4. The number of pyridine rings is 3. The van der Waals surface area contributed by atoms with Gasteiger partial charge in [-0.15, -0.1) is 0 Å². The summed E-state index contributed by atoms with van der Waals surface area (Å²) in [6.07, 6.45) is 4.50. The average Bonchev–Trinajstić information content (AvgIpc) is 3.62. The van der Waals surface area contributed by atoms with Crippen LogP contribution in [0.1, 0.15) is 10.4 Å². The number of fused-ring (bicyclic) bond motifs is 5. The van der Waals surface area contributed by atoms with E-state index < -0.39 is 23.0 Å². The van der Waals surface area contributed by atoms with Crippen LogP contribution in [0.2, 0.25) is 0 Å². The van der Waals surface area contributed by atoms with E-state index in [9.17, 15) is 19.1 Å². The van der Waals surface area contributed by atoms with Gasteiger partial charge in [-0.05, 0) is 24.9 Å². The quantitative estimate of drug-likeness (QED) is 0.305. The Morgan fingerprint density at radius 3 is 2.49 bits per heavy atom. The van der Waals surface area contributed by atoms with Gasteiger partial charge in [0, 0.05) is 76.1 Å². The largest absolute Gasteiger partial charge is 0.477 e. The second kappa shape index (κ2) is 8.96. The molecule has 2 fully saturated rings. The Kier molecular flexibility index (Phi) is 5.55. The van der Waals surface area contributed by atoms with E-state index in [0.29, 0.717) is 56.5 Å². The summed E-state index contributed by atoms with van der Waals surface area (Å²) in [5, 5.41) is 13.2. The summed E-state index contributed by atoms with van der Waals surface area (Å²) < 4.78 is 32.0. The fraction of sp³-hybridized carbons (Fsp3) is 0.310. The maximum atomic E-state index is 15.6. The number of benzene rings is 1. The number of hydrogen-bond donors (Lipinski definition) is 3. The monoisotopic (exact) mass is 559 g/mol. The van der Waals surface area contributed by atoms with Gasteiger partial charge in [0.05, 0.1) is 33.1 Å². The maximum absolute atomic E-state index is 15.6. The Labute approximate surface area is 232 Å². The van der Waals surface area contributed by atoms with Crippen molar-refractivity contribution >= 4 is 50.3 Å². The van der Waals surface area contributed by atoms with Crippen molar-refractivity contribution in [2.45, 2.75) is 0 Å². The molecule has 0 saturated carbocycles. The van der Waals surface area contributed by atoms with E-state index in [0.717, 1.165) is 32.2 Å². The van der Waals surface area contributed by atoms with Gasteiger partial charge in [0.1, 0.15) is 16.9 Å². The van der Waals surface area contributed by atoms with Crippen LogP contribution in [0.15, 0.2) is 35.5 Å². The van der Waals surface area contributed by atoms with E-state index in [1.165, 1.54) is 10.8 Å². The molecule has 1 aromatic carbocycles. The van der Waals surface area contributed by atoms with Crippen LogP contribution >= 0.6 is 0 Å². The molecular formula is C29H27F2N7O3. The van der Waals surface area contributed by atoms with Crippen LogP contribution in [0, 0.1) is 23.5 Å². The van der Waals surface area contributed by atoms with Crippen LogP contribution in [0.3, 0.4) is 0 Å². The predicted molar refractivity (Wildman–Crippen MR) is 153 cm³/mol. The van der Waals surface area contributed by atoms with Gasteiger partial charge >= 0.3 is 5.97 Å². The zero-order valence-electron chi connectivity index (χ0n) is 22.6. The van der Waals surface area contributed by atoms with Crippen molar-refractivity contribution in [1.29, 1.82) is 0 Å². The second-order valence-corrected chi connectivity index (χ2v) is 11.1. The Morgan fingerprint density at radius 1 is 1.07 bits per heavy atom. The molecule has 2 atom stereocenters. The van der Waals surface area contributed by atoms with E-state index in [2.05, 4.69) is 37.1 Å². The van der Waals surface area contributed by atoms with Gasteiger partial charge in [0.2, 0.25) is 5.43 Å². The SMILES string of the molecule is CNc1cc(F)c(F)c2c1[nH]c1ncc(-c3cnc4c(c3)c(=O)c(C(=O)O)cn4C)c(N3CC4CN(C)C[C@H]4C3)c12. The summed E-state index contributed by atoms with van der Waals surface area (Å²) in [6, 6.07) is 2.73. The van der Waals surface area contributed by atoms with Gasteiger partial charge in [0.15, 0.2) is 11.6 Å². The molecule has 0 bridgehead atoms. The smallest absolute Gasteiger partial charge is 0.341 e. The van der Waals surface area contributed by atoms with Crippen molar-refractivity contribution in [3.8, 4) is 11.1 Å². The first-order valence-corrected chi connectivity index (χ1v) is 13.3. The lowest BCUT2D eigenvalue weighted by Gasteiger charge is -2.25. The minimum atomic E-state index is -1.33. The number of aromatic nitrogens is 4. The standard InChI is InChI=1S/C29H27F2N7O3/c1-32-20-5-19(30)23(31)21-22-25(38-10-14-8-36(2)9-15(14)11-38)17(7-33-27(22)35-24(20)21)13-4-16-26(39)18(29(40)41)12-37(3)28(16)34-6-13/h4-7,12,14-15,32H,8-11H2,1-3H3,(H,33,35)(H,40,41)/t14-,15?/m0/s1. The predicted octanol–water partition coefficient (Wildman–Crippen LogP) is 3.65. The zero-order chi connectivity index (χ0) is 28.7. The molecule has 41 heavy (non-hydrogen) atoms. The Hall–Kier alpha value is -4.58. The highest BCUT2D eigenvalue weighted by Gasteiger charge is 2.40. The summed E-state index contributed by atoms with van der Waals surface area (Å²) in [4.78, 5) is 41.7. The highest BCUT2D eigenvalue weighted by Crippen LogP contribution is 2.46. The molecule has 3 N–H and O–H groups in total. The van der Waals surface area contributed by atoms with Crippen LogP contribution in [0.4, 0.5) is 20.2 Å². The van der Waals surface area contributed by atoms with E-state index in [-0.39, 0.29) is 16.3 Å². The van der Waals surface area contributed by atoms with Crippen molar-refractivity contribution in [3.63, 3.8) is 0 Å². The van der Waals surface area contributed by atoms with Crippen molar-refractivity contribution in [2.24, 2.45) is 18.9 Å². The number of aryl methyl sites for hydroxylation is 1. The van der Waals surface area contributed by atoms with Crippen molar-refractivity contribution in [2.75, 3.05) is 50.5 Å². The number of halogens is 2. The Balaban J connectivity index is 1.54. The molecule has 12 heteroatoms. The number of H-pyrrole nitrogens is 1. The van der Waals surface area contributed by atoms with Gasteiger partial charge in [-0.3, -0.25) is 4.79 Å². The third-order valence-electron chi connectivity index (χ3n) is 8.57. The van der Waals surface area contributed by atoms with Gasteiger partial charge in [-0.2, -0.15) is 0 Å². The molecule has 2 saturated heterocycles. The molecule has 4 aromatic heterocycles. The van der Waals surface area contributed by atoms with Gasteiger partial charge < -0.3 is 29.8 Å². The van der Waals surface area contributed by atoms with E-state index in [1.54, 1.807) is 32.6 Å². The minimum absolute atomic E-state index is 0.0979. The van der Waals surface area contributed by atoms with Crippen LogP contribution in [-0.2, 0) is 7.05 Å². The van der Waals surface area contributed by atoms with Crippen molar-refractivity contribution < 1.29 is 18.7 Å².